The molecule has 1 saturated heterocycles. The van der Waals surface area contributed by atoms with Crippen LogP contribution in [0, 0.1) is 30.4 Å². The summed E-state index contributed by atoms with van der Waals surface area (Å²) < 4.78 is 28.2. The Hall–Kier alpha value is -1.49. The van der Waals surface area contributed by atoms with Crippen LogP contribution in [-0.2, 0) is 0 Å². The van der Waals surface area contributed by atoms with Crippen LogP contribution in [0.5, 0.6) is 0 Å². The largest absolute Gasteiger partial charge is 0.390 e. The third kappa shape index (κ3) is 2.65. The minimum Gasteiger partial charge on any atom is -0.390 e. The summed E-state index contributed by atoms with van der Waals surface area (Å²) in [6, 6.07) is 2.47. The van der Waals surface area contributed by atoms with Gasteiger partial charge in [-0.15, -0.1) is 0 Å². The molecular weight excluding hydrogens is 300 g/mol. The van der Waals surface area contributed by atoms with Crippen LogP contribution in [0.1, 0.15) is 48.5 Å². The van der Waals surface area contributed by atoms with Crippen molar-refractivity contribution in [2.45, 2.75) is 45.1 Å². The molecule has 1 heterocycles. The topological polar surface area (TPSA) is 40.5 Å². The number of carbonyl (C=O) groups excluding carboxylic acids is 1. The second-order valence-corrected chi connectivity index (χ2v) is 6.98. The van der Waals surface area contributed by atoms with Crippen molar-refractivity contribution < 1.29 is 18.7 Å². The van der Waals surface area contributed by atoms with Crippen LogP contribution in [0.2, 0.25) is 0 Å². The number of nitrogens with zero attached hydrogens (tertiary/aromatic N) is 1. The van der Waals surface area contributed by atoms with Gasteiger partial charge in [-0.05, 0) is 43.7 Å². The number of rotatable bonds is 2. The summed E-state index contributed by atoms with van der Waals surface area (Å²) in [6.07, 6.45) is 3.26. The highest BCUT2D eigenvalue weighted by Gasteiger charge is 2.49. The van der Waals surface area contributed by atoms with Crippen LogP contribution in [0.3, 0.4) is 0 Å². The molecule has 0 radical (unpaired) electrons. The molecule has 2 fully saturated rings. The van der Waals surface area contributed by atoms with E-state index in [1.807, 2.05) is 6.92 Å². The van der Waals surface area contributed by atoms with Gasteiger partial charge in [-0.1, -0.05) is 19.4 Å². The normalized spacial score (nSPS) is 30.4. The lowest BCUT2D eigenvalue weighted by molar-refractivity contribution is -0.0609. The molecule has 2 aliphatic rings. The fourth-order valence-corrected chi connectivity index (χ4v) is 4.24. The maximum atomic E-state index is 14.2. The predicted molar refractivity (Wildman–Crippen MR) is 83.1 cm³/mol. The lowest BCUT2D eigenvalue weighted by Gasteiger charge is -2.40. The first kappa shape index (κ1) is 16.4. The molecule has 1 aromatic rings. The van der Waals surface area contributed by atoms with Gasteiger partial charge in [0.1, 0.15) is 17.2 Å². The zero-order valence-corrected chi connectivity index (χ0v) is 13.6. The molecule has 1 N–H and O–H groups in total. The number of benzene rings is 1. The third-order valence-electron chi connectivity index (χ3n) is 5.71. The van der Waals surface area contributed by atoms with E-state index >= 15 is 0 Å². The van der Waals surface area contributed by atoms with Gasteiger partial charge in [0, 0.05) is 19.0 Å². The molecule has 1 aliphatic heterocycles. The van der Waals surface area contributed by atoms with Gasteiger partial charge in [-0.25, -0.2) is 8.78 Å². The Labute approximate surface area is 135 Å². The fraction of sp³-hybridized carbons (Fsp3) is 0.611. The van der Waals surface area contributed by atoms with Gasteiger partial charge < -0.3 is 10.0 Å². The summed E-state index contributed by atoms with van der Waals surface area (Å²) in [6.45, 7) is 4.32. The summed E-state index contributed by atoms with van der Waals surface area (Å²) in [4.78, 5) is 14.2. The number of likely N-dealkylation sites (tertiary alicyclic amines) is 1. The molecule has 3 atom stereocenters. The van der Waals surface area contributed by atoms with Gasteiger partial charge in [-0.2, -0.15) is 0 Å². The van der Waals surface area contributed by atoms with Gasteiger partial charge in [0.25, 0.3) is 5.91 Å². The van der Waals surface area contributed by atoms with Crippen LogP contribution in [0.4, 0.5) is 8.78 Å². The number of fused-ring (bicyclic) bond motifs is 1. The van der Waals surface area contributed by atoms with E-state index in [1.54, 1.807) is 0 Å². The van der Waals surface area contributed by atoms with Crippen LogP contribution in [-0.4, -0.2) is 34.6 Å². The van der Waals surface area contributed by atoms with Crippen molar-refractivity contribution in [2.75, 3.05) is 13.1 Å². The van der Waals surface area contributed by atoms with Crippen LogP contribution < -0.4 is 0 Å². The summed E-state index contributed by atoms with van der Waals surface area (Å²) in [5, 5.41) is 10.8. The van der Waals surface area contributed by atoms with Gasteiger partial charge in [0.05, 0.1) is 5.60 Å². The number of hydrogen-bond acceptors (Lipinski definition) is 2. The van der Waals surface area contributed by atoms with Gasteiger partial charge in [0.15, 0.2) is 0 Å². The third-order valence-corrected chi connectivity index (χ3v) is 5.71. The van der Waals surface area contributed by atoms with Crippen LogP contribution >= 0.6 is 0 Å². The molecule has 0 aromatic heterocycles. The lowest BCUT2D eigenvalue weighted by atomic mass is 9.69. The van der Waals surface area contributed by atoms with Crippen molar-refractivity contribution in [1.82, 2.24) is 4.90 Å². The van der Waals surface area contributed by atoms with Crippen molar-refractivity contribution in [1.29, 1.82) is 0 Å². The summed E-state index contributed by atoms with van der Waals surface area (Å²) >= 11 is 0. The van der Waals surface area contributed by atoms with Crippen molar-refractivity contribution in [3.05, 3.63) is 34.9 Å². The Morgan fingerprint density at radius 3 is 2.83 bits per heavy atom. The molecule has 0 spiro atoms. The van der Waals surface area contributed by atoms with Crippen molar-refractivity contribution in [2.24, 2.45) is 11.8 Å². The van der Waals surface area contributed by atoms with Crippen LogP contribution in [0.15, 0.2) is 12.1 Å². The maximum absolute atomic E-state index is 14.2. The fourth-order valence-electron chi connectivity index (χ4n) is 4.24. The number of hydrogen-bond donors (Lipinski definition) is 1. The molecule has 5 heteroatoms. The van der Waals surface area contributed by atoms with Gasteiger partial charge in [0.2, 0.25) is 0 Å². The summed E-state index contributed by atoms with van der Waals surface area (Å²) in [7, 11) is 0. The van der Waals surface area contributed by atoms with E-state index in [0.717, 1.165) is 25.3 Å². The first-order chi connectivity index (χ1) is 10.9. The molecular formula is C18H23F2NO2. The Bertz CT molecular complexity index is 634. The molecule has 1 saturated carbocycles. The van der Waals surface area contributed by atoms with Crippen molar-refractivity contribution >= 4 is 5.91 Å². The minimum atomic E-state index is -0.821. The monoisotopic (exact) mass is 323 g/mol. The van der Waals surface area contributed by atoms with Crippen LogP contribution in [0.25, 0.3) is 0 Å². The number of aliphatic hydroxyl groups is 1. The molecule has 1 amide bonds. The Kier molecular flexibility index (Phi) is 4.17. The van der Waals surface area contributed by atoms with E-state index in [4.69, 9.17) is 0 Å². The molecule has 0 unspecified atom stereocenters. The molecule has 1 aliphatic carbocycles. The highest BCUT2D eigenvalue weighted by atomic mass is 19.1. The minimum absolute atomic E-state index is 0.00105. The van der Waals surface area contributed by atoms with E-state index in [0.29, 0.717) is 19.5 Å². The highest BCUT2D eigenvalue weighted by molar-refractivity contribution is 5.95. The maximum Gasteiger partial charge on any atom is 0.259 e. The van der Waals surface area contributed by atoms with E-state index in [2.05, 4.69) is 0 Å². The number of halogens is 2. The SMILES string of the molecule is CC[C@]1(O)CCC[C@H]2CN(C(=O)c3c(F)ccc(C)c3F)C[C@H]21. The lowest BCUT2D eigenvalue weighted by Crippen LogP contribution is -2.44. The van der Waals surface area contributed by atoms with E-state index in [1.165, 1.54) is 17.9 Å². The molecule has 126 valence electrons. The van der Waals surface area contributed by atoms with E-state index in [-0.39, 0.29) is 17.4 Å². The predicted octanol–water partition coefficient (Wildman–Crippen LogP) is 3.29. The standard InChI is InChI=1S/C18H23F2NO2/c1-3-18(23)8-4-5-12-9-21(10-13(12)18)17(22)15-14(19)7-6-11(2)16(15)20/h6-7,12-13,23H,3-5,8-10H2,1-2H3/t12-,13+,18-/m0/s1. The highest BCUT2D eigenvalue weighted by Crippen LogP contribution is 2.44. The van der Waals surface area contributed by atoms with E-state index < -0.39 is 28.7 Å². The summed E-state index contributed by atoms with van der Waals surface area (Å²) in [5.41, 5.74) is -0.970. The first-order valence-electron chi connectivity index (χ1n) is 8.33. The molecule has 3 nitrogen and oxygen atoms in total. The summed E-state index contributed by atoms with van der Waals surface area (Å²) in [5.74, 6) is -1.99. The molecule has 23 heavy (non-hydrogen) atoms. The molecule has 3 rings (SSSR count). The number of amides is 1. The zero-order valence-electron chi connectivity index (χ0n) is 13.6. The smallest absolute Gasteiger partial charge is 0.259 e. The number of aryl methyl sites for hydroxylation is 1. The Balaban J connectivity index is 1.87. The average Bonchev–Trinajstić information content (AvgIpc) is 2.97. The number of carbonyl (C=O) groups is 1. The van der Waals surface area contributed by atoms with E-state index in [9.17, 15) is 18.7 Å². The molecule has 0 bridgehead atoms. The zero-order chi connectivity index (χ0) is 16.8. The molecule has 1 aromatic carbocycles. The van der Waals surface area contributed by atoms with Gasteiger partial charge >= 0.3 is 0 Å². The van der Waals surface area contributed by atoms with Gasteiger partial charge in [-0.3, -0.25) is 4.79 Å². The first-order valence-corrected chi connectivity index (χ1v) is 8.33. The second kappa shape index (κ2) is 5.86. The Morgan fingerprint density at radius 2 is 2.13 bits per heavy atom. The average molecular weight is 323 g/mol. The quantitative estimate of drug-likeness (QED) is 0.907. The Morgan fingerprint density at radius 1 is 1.39 bits per heavy atom. The van der Waals surface area contributed by atoms with Crippen molar-refractivity contribution in [3.63, 3.8) is 0 Å². The second-order valence-electron chi connectivity index (χ2n) is 6.98. The van der Waals surface area contributed by atoms with Crippen molar-refractivity contribution in [3.8, 4) is 0 Å².